The highest BCUT2D eigenvalue weighted by Crippen LogP contribution is 2.26. The predicted molar refractivity (Wildman–Crippen MR) is 108 cm³/mol. The highest BCUT2D eigenvalue weighted by Gasteiger charge is 2.44. The van der Waals surface area contributed by atoms with Gasteiger partial charge in [0.2, 0.25) is 5.91 Å². The quantitative estimate of drug-likeness (QED) is 0.793. The van der Waals surface area contributed by atoms with Crippen LogP contribution in [0.1, 0.15) is 24.5 Å². The SMILES string of the molecule is Cc1ccc(OC(C)C(=O)N2CCN(C(=O)C3CC(F)(F)CN3)CC2)c(C)c1.Cl. The summed E-state index contributed by atoms with van der Waals surface area (Å²) in [6.45, 7) is 6.59. The first-order valence-electron chi connectivity index (χ1n) is 9.59. The summed E-state index contributed by atoms with van der Waals surface area (Å²) >= 11 is 0. The zero-order valence-electron chi connectivity index (χ0n) is 16.9. The van der Waals surface area contributed by atoms with Crippen LogP contribution >= 0.6 is 12.4 Å². The molecule has 29 heavy (non-hydrogen) atoms. The number of amides is 2. The Labute approximate surface area is 176 Å². The number of hydrogen-bond donors (Lipinski definition) is 1. The van der Waals surface area contributed by atoms with Gasteiger partial charge in [0.1, 0.15) is 5.75 Å². The first kappa shape index (κ1) is 23.3. The third-order valence-electron chi connectivity index (χ3n) is 5.29. The van der Waals surface area contributed by atoms with Crippen LogP contribution in [-0.2, 0) is 9.59 Å². The summed E-state index contributed by atoms with van der Waals surface area (Å²) < 4.78 is 32.4. The molecule has 0 spiro atoms. The fraction of sp³-hybridized carbons (Fsp3) is 0.600. The number of halogens is 3. The monoisotopic (exact) mass is 431 g/mol. The van der Waals surface area contributed by atoms with Crippen molar-refractivity contribution in [3.8, 4) is 5.75 Å². The fourth-order valence-electron chi connectivity index (χ4n) is 3.69. The Hall–Kier alpha value is -1.93. The zero-order valence-corrected chi connectivity index (χ0v) is 17.7. The van der Waals surface area contributed by atoms with E-state index >= 15 is 0 Å². The van der Waals surface area contributed by atoms with Crippen LogP contribution in [0.3, 0.4) is 0 Å². The van der Waals surface area contributed by atoms with Crippen LogP contribution in [0.25, 0.3) is 0 Å². The van der Waals surface area contributed by atoms with E-state index in [1.807, 2.05) is 32.0 Å². The van der Waals surface area contributed by atoms with Crippen LogP contribution in [0.15, 0.2) is 18.2 Å². The van der Waals surface area contributed by atoms with Gasteiger partial charge in [0, 0.05) is 32.6 Å². The summed E-state index contributed by atoms with van der Waals surface area (Å²) in [6, 6.07) is 4.95. The number of aryl methyl sites for hydroxylation is 2. The first-order chi connectivity index (χ1) is 13.2. The van der Waals surface area contributed by atoms with Crippen molar-refractivity contribution in [2.75, 3.05) is 32.7 Å². The van der Waals surface area contributed by atoms with E-state index in [1.165, 1.54) is 0 Å². The molecule has 2 atom stereocenters. The Kier molecular flexibility index (Phi) is 7.45. The Balaban J connectivity index is 0.00000300. The molecule has 0 saturated carbocycles. The molecule has 3 rings (SSSR count). The molecule has 1 aromatic carbocycles. The van der Waals surface area contributed by atoms with Gasteiger partial charge < -0.3 is 14.5 Å². The van der Waals surface area contributed by atoms with Crippen LogP contribution < -0.4 is 10.1 Å². The summed E-state index contributed by atoms with van der Waals surface area (Å²) in [5.74, 6) is -2.62. The van der Waals surface area contributed by atoms with E-state index in [-0.39, 0.29) is 24.2 Å². The number of carbonyl (C=O) groups excluding carboxylic acids is 2. The third kappa shape index (κ3) is 5.57. The van der Waals surface area contributed by atoms with Gasteiger partial charge in [0.15, 0.2) is 6.10 Å². The molecule has 0 aliphatic carbocycles. The molecule has 2 saturated heterocycles. The van der Waals surface area contributed by atoms with Gasteiger partial charge in [0.05, 0.1) is 12.6 Å². The number of ether oxygens (including phenoxy) is 1. The summed E-state index contributed by atoms with van der Waals surface area (Å²) in [4.78, 5) is 28.3. The van der Waals surface area contributed by atoms with Crippen molar-refractivity contribution in [1.82, 2.24) is 15.1 Å². The maximum atomic E-state index is 13.3. The second-order valence-electron chi connectivity index (χ2n) is 7.67. The van der Waals surface area contributed by atoms with Gasteiger partial charge in [-0.2, -0.15) is 0 Å². The standard InChI is InChI=1S/C20H27F2N3O3.ClH/c1-13-4-5-17(14(2)10-13)28-15(3)18(26)24-6-8-25(9-7-24)19(27)16-11-20(21,22)12-23-16;/h4-5,10,15-16,23H,6-9,11-12H2,1-3H3;1H. The Morgan fingerprint density at radius 2 is 1.79 bits per heavy atom. The number of hydrogen-bond acceptors (Lipinski definition) is 4. The van der Waals surface area contributed by atoms with Gasteiger partial charge in [-0.05, 0) is 32.4 Å². The molecule has 2 amide bonds. The molecule has 2 aliphatic rings. The van der Waals surface area contributed by atoms with Crippen LogP contribution in [0.4, 0.5) is 8.78 Å². The normalized spacial score (nSPS) is 22.0. The van der Waals surface area contributed by atoms with Crippen molar-refractivity contribution in [3.63, 3.8) is 0 Å². The lowest BCUT2D eigenvalue weighted by molar-refractivity contribution is -0.144. The van der Waals surface area contributed by atoms with Crippen molar-refractivity contribution in [2.45, 2.75) is 45.3 Å². The molecule has 0 aromatic heterocycles. The predicted octanol–water partition coefficient (Wildman–Crippen LogP) is 2.16. The van der Waals surface area contributed by atoms with E-state index < -0.39 is 31.0 Å². The molecule has 2 aliphatic heterocycles. The maximum Gasteiger partial charge on any atom is 0.263 e. The van der Waals surface area contributed by atoms with Crippen molar-refractivity contribution < 1.29 is 23.1 Å². The molecule has 2 fully saturated rings. The molecule has 2 heterocycles. The van der Waals surface area contributed by atoms with E-state index in [4.69, 9.17) is 4.74 Å². The first-order valence-corrected chi connectivity index (χ1v) is 9.59. The van der Waals surface area contributed by atoms with Crippen LogP contribution in [0, 0.1) is 13.8 Å². The zero-order chi connectivity index (χ0) is 20.5. The average molecular weight is 432 g/mol. The molecular weight excluding hydrogens is 404 g/mol. The van der Waals surface area contributed by atoms with Gasteiger partial charge in [-0.25, -0.2) is 8.78 Å². The van der Waals surface area contributed by atoms with E-state index in [0.717, 1.165) is 11.1 Å². The second-order valence-corrected chi connectivity index (χ2v) is 7.67. The van der Waals surface area contributed by atoms with Crippen molar-refractivity contribution in [3.05, 3.63) is 29.3 Å². The van der Waals surface area contributed by atoms with E-state index in [2.05, 4.69) is 5.32 Å². The molecule has 2 unspecified atom stereocenters. The number of alkyl halides is 2. The van der Waals surface area contributed by atoms with Crippen LogP contribution in [0.2, 0.25) is 0 Å². The van der Waals surface area contributed by atoms with Gasteiger partial charge >= 0.3 is 0 Å². The average Bonchev–Trinajstić information content (AvgIpc) is 3.02. The molecule has 162 valence electrons. The number of rotatable bonds is 4. The minimum atomic E-state index is -2.83. The Bertz CT molecular complexity index is 754. The molecule has 0 radical (unpaired) electrons. The smallest absolute Gasteiger partial charge is 0.263 e. The molecule has 1 aromatic rings. The minimum Gasteiger partial charge on any atom is -0.481 e. The van der Waals surface area contributed by atoms with Crippen molar-refractivity contribution in [1.29, 1.82) is 0 Å². The number of carbonyl (C=O) groups is 2. The second kappa shape index (κ2) is 9.26. The van der Waals surface area contributed by atoms with Crippen LogP contribution in [0.5, 0.6) is 5.75 Å². The Morgan fingerprint density at radius 3 is 2.34 bits per heavy atom. The summed E-state index contributed by atoms with van der Waals surface area (Å²) in [5, 5.41) is 2.59. The minimum absolute atomic E-state index is 0. The third-order valence-corrected chi connectivity index (χ3v) is 5.29. The molecule has 9 heteroatoms. The summed E-state index contributed by atoms with van der Waals surface area (Å²) in [7, 11) is 0. The van der Waals surface area contributed by atoms with E-state index in [1.54, 1.807) is 16.7 Å². The van der Waals surface area contributed by atoms with Gasteiger partial charge in [0.25, 0.3) is 11.8 Å². The highest BCUT2D eigenvalue weighted by molar-refractivity contribution is 5.85. The fourth-order valence-corrected chi connectivity index (χ4v) is 3.69. The number of benzene rings is 1. The van der Waals surface area contributed by atoms with Crippen LogP contribution in [-0.4, -0.2) is 72.4 Å². The molecule has 1 N–H and O–H groups in total. The summed E-state index contributed by atoms with van der Waals surface area (Å²) in [5.41, 5.74) is 2.09. The Morgan fingerprint density at radius 1 is 1.17 bits per heavy atom. The maximum absolute atomic E-state index is 13.3. The lowest BCUT2D eigenvalue weighted by Gasteiger charge is -2.37. The molecule has 6 nitrogen and oxygen atoms in total. The van der Waals surface area contributed by atoms with Crippen molar-refractivity contribution >= 4 is 24.2 Å². The van der Waals surface area contributed by atoms with Gasteiger partial charge in [-0.3, -0.25) is 14.9 Å². The van der Waals surface area contributed by atoms with E-state index in [9.17, 15) is 18.4 Å². The highest BCUT2D eigenvalue weighted by atomic mass is 35.5. The lowest BCUT2D eigenvalue weighted by Crippen LogP contribution is -2.55. The topological polar surface area (TPSA) is 61.9 Å². The van der Waals surface area contributed by atoms with Gasteiger partial charge in [-0.15, -0.1) is 12.4 Å². The molecule has 0 bridgehead atoms. The largest absolute Gasteiger partial charge is 0.481 e. The van der Waals surface area contributed by atoms with Crippen molar-refractivity contribution in [2.24, 2.45) is 0 Å². The number of piperazine rings is 1. The van der Waals surface area contributed by atoms with E-state index in [0.29, 0.717) is 31.9 Å². The van der Waals surface area contributed by atoms with Gasteiger partial charge in [-0.1, -0.05) is 17.7 Å². The number of nitrogens with zero attached hydrogens (tertiary/aromatic N) is 2. The number of nitrogens with one attached hydrogen (secondary N) is 1. The summed E-state index contributed by atoms with van der Waals surface area (Å²) in [6.07, 6.45) is -1.11. The molecular formula is C20H28ClF2N3O3. The lowest BCUT2D eigenvalue weighted by atomic mass is 10.1.